The Morgan fingerprint density at radius 1 is 1.31 bits per heavy atom. The summed E-state index contributed by atoms with van der Waals surface area (Å²) in [6.45, 7) is 8.16. The van der Waals surface area contributed by atoms with Crippen LogP contribution >= 0.6 is 22.9 Å². The number of rotatable bonds is 6. The maximum atomic E-state index is 13.6. The highest BCUT2D eigenvalue weighted by Crippen LogP contribution is 2.29. The van der Waals surface area contributed by atoms with Crippen LogP contribution in [0.15, 0.2) is 23.0 Å². The number of hydrogen-bond donors (Lipinski definition) is 1. The van der Waals surface area contributed by atoms with E-state index in [4.69, 9.17) is 21.3 Å². The molecule has 2 aromatic heterocycles. The van der Waals surface area contributed by atoms with Crippen molar-refractivity contribution in [3.8, 4) is 5.75 Å². The maximum Gasteiger partial charge on any atom is 0.263 e. The number of carbonyl (C=O) groups is 1. The number of likely N-dealkylation sites (tertiary alicyclic amines) is 1. The summed E-state index contributed by atoms with van der Waals surface area (Å²) in [6.07, 6.45) is 2.27. The van der Waals surface area contributed by atoms with Gasteiger partial charge in [0, 0.05) is 10.6 Å². The fourth-order valence-corrected chi connectivity index (χ4v) is 5.40. The highest BCUT2D eigenvalue weighted by molar-refractivity contribution is 7.18. The summed E-state index contributed by atoms with van der Waals surface area (Å²) in [7, 11) is 1.53. The van der Waals surface area contributed by atoms with Crippen LogP contribution in [-0.4, -0.2) is 40.6 Å². The van der Waals surface area contributed by atoms with Gasteiger partial charge in [0.2, 0.25) is 5.91 Å². The van der Waals surface area contributed by atoms with E-state index in [2.05, 4.69) is 10.2 Å². The van der Waals surface area contributed by atoms with Crippen molar-refractivity contribution in [1.29, 1.82) is 0 Å². The van der Waals surface area contributed by atoms with Gasteiger partial charge < -0.3 is 10.1 Å². The van der Waals surface area contributed by atoms with Crippen molar-refractivity contribution >= 4 is 44.7 Å². The molecule has 1 N–H and O–H groups in total. The SMILES string of the molecule is COc1ccc(NC(=O)C(C)n2c(CN3CCCC3)nc3sc(C)c(C)c3c2=O)cc1Cl. The summed E-state index contributed by atoms with van der Waals surface area (Å²) in [5, 5.41) is 3.87. The van der Waals surface area contributed by atoms with Crippen LogP contribution in [0, 0.1) is 13.8 Å². The molecule has 9 heteroatoms. The van der Waals surface area contributed by atoms with Gasteiger partial charge in [-0.2, -0.15) is 0 Å². The van der Waals surface area contributed by atoms with Gasteiger partial charge in [0.15, 0.2) is 0 Å². The number of ether oxygens (including phenoxy) is 1. The number of benzene rings is 1. The van der Waals surface area contributed by atoms with Gasteiger partial charge in [-0.3, -0.25) is 19.1 Å². The molecule has 3 heterocycles. The minimum atomic E-state index is -0.738. The second kappa shape index (κ2) is 9.21. The van der Waals surface area contributed by atoms with E-state index in [0.29, 0.717) is 34.2 Å². The number of hydrogen-bond acceptors (Lipinski definition) is 6. The van der Waals surface area contributed by atoms with Crippen LogP contribution in [0.5, 0.6) is 5.75 Å². The molecule has 0 saturated carbocycles. The van der Waals surface area contributed by atoms with Gasteiger partial charge in [-0.05, 0) is 70.5 Å². The number of amides is 1. The fraction of sp³-hybridized carbons (Fsp3) is 0.435. The first-order valence-electron chi connectivity index (χ1n) is 10.7. The molecule has 4 rings (SSSR count). The number of thiophene rings is 1. The molecule has 0 aliphatic carbocycles. The lowest BCUT2D eigenvalue weighted by Crippen LogP contribution is -2.36. The van der Waals surface area contributed by atoms with E-state index in [0.717, 1.165) is 41.2 Å². The van der Waals surface area contributed by atoms with Crippen LogP contribution in [0.4, 0.5) is 5.69 Å². The third kappa shape index (κ3) is 4.27. The van der Waals surface area contributed by atoms with Gasteiger partial charge in [-0.1, -0.05) is 11.6 Å². The topological polar surface area (TPSA) is 76.5 Å². The Bertz CT molecular complexity index is 1230. The van der Waals surface area contributed by atoms with E-state index in [1.54, 1.807) is 29.7 Å². The van der Waals surface area contributed by atoms with Gasteiger partial charge in [0.1, 0.15) is 22.4 Å². The zero-order valence-corrected chi connectivity index (χ0v) is 20.3. The van der Waals surface area contributed by atoms with Crippen LogP contribution in [0.1, 0.15) is 42.1 Å². The van der Waals surface area contributed by atoms with Crippen LogP contribution < -0.4 is 15.6 Å². The molecular weight excluding hydrogens is 448 g/mol. The Labute approximate surface area is 196 Å². The van der Waals surface area contributed by atoms with Crippen LogP contribution in [0.25, 0.3) is 10.2 Å². The third-order valence-corrected chi connectivity index (χ3v) is 7.45. The Hall–Kier alpha value is -2.42. The number of nitrogens with zero attached hydrogens (tertiary/aromatic N) is 3. The van der Waals surface area contributed by atoms with E-state index in [-0.39, 0.29) is 11.5 Å². The lowest BCUT2D eigenvalue weighted by atomic mass is 10.2. The van der Waals surface area contributed by atoms with Crippen LogP contribution in [0.2, 0.25) is 5.02 Å². The molecule has 0 radical (unpaired) electrons. The molecule has 3 aromatic rings. The quantitative estimate of drug-likeness (QED) is 0.568. The lowest BCUT2D eigenvalue weighted by molar-refractivity contribution is -0.119. The molecule has 1 fully saturated rings. The van der Waals surface area contributed by atoms with E-state index < -0.39 is 6.04 Å². The summed E-state index contributed by atoms with van der Waals surface area (Å²) in [4.78, 5) is 35.7. The van der Waals surface area contributed by atoms with Crippen LogP contribution in [-0.2, 0) is 11.3 Å². The molecular formula is C23H27ClN4O3S. The van der Waals surface area contributed by atoms with Gasteiger partial charge in [0.25, 0.3) is 5.56 Å². The predicted molar refractivity (Wildman–Crippen MR) is 129 cm³/mol. The number of methoxy groups -OCH3 is 1. The van der Waals surface area contributed by atoms with Gasteiger partial charge in [-0.15, -0.1) is 11.3 Å². The minimum Gasteiger partial charge on any atom is -0.495 e. The standard InChI is InChI=1S/C23H27ClN4O3S/c1-13-15(3)32-22-20(13)23(30)28(19(26-22)12-27-9-5-6-10-27)14(2)21(29)25-16-7-8-18(31-4)17(24)11-16/h7-8,11,14H,5-6,9-10,12H2,1-4H3,(H,25,29). The average molecular weight is 475 g/mol. The second-order valence-electron chi connectivity index (χ2n) is 8.16. The summed E-state index contributed by atoms with van der Waals surface area (Å²) < 4.78 is 6.72. The Balaban J connectivity index is 1.72. The van der Waals surface area contributed by atoms with E-state index in [9.17, 15) is 9.59 Å². The fourth-order valence-electron chi connectivity index (χ4n) is 4.11. The van der Waals surface area contributed by atoms with Crippen molar-refractivity contribution in [2.24, 2.45) is 0 Å². The number of nitrogens with one attached hydrogen (secondary N) is 1. The first-order valence-corrected chi connectivity index (χ1v) is 11.9. The molecule has 1 saturated heterocycles. The highest BCUT2D eigenvalue weighted by Gasteiger charge is 2.26. The molecule has 1 aromatic carbocycles. The summed E-state index contributed by atoms with van der Waals surface area (Å²) in [6, 6.07) is 4.31. The van der Waals surface area contributed by atoms with E-state index >= 15 is 0 Å². The lowest BCUT2D eigenvalue weighted by Gasteiger charge is -2.22. The molecule has 1 aliphatic rings. The molecule has 0 spiro atoms. The largest absolute Gasteiger partial charge is 0.495 e. The highest BCUT2D eigenvalue weighted by atomic mass is 35.5. The van der Waals surface area contributed by atoms with Crippen LogP contribution in [0.3, 0.4) is 0 Å². The smallest absolute Gasteiger partial charge is 0.263 e. The van der Waals surface area contributed by atoms with Crippen molar-refractivity contribution in [3.05, 3.63) is 49.8 Å². The second-order valence-corrected chi connectivity index (χ2v) is 9.77. The first-order chi connectivity index (χ1) is 15.3. The number of aromatic nitrogens is 2. The van der Waals surface area contributed by atoms with Crippen molar-refractivity contribution < 1.29 is 9.53 Å². The first kappa shape index (κ1) is 22.8. The van der Waals surface area contributed by atoms with Crippen molar-refractivity contribution in [2.45, 2.75) is 46.2 Å². The zero-order valence-electron chi connectivity index (χ0n) is 18.7. The van der Waals surface area contributed by atoms with Crippen molar-refractivity contribution in [1.82, 2.24) is 14.5 Å². The Kier molecular flexibility index (Phi) is 6.55. The molecule has 1 aliphatic heterocycles. The van der Waals surface area contributed by atoms with E-state index in [1.165, 1.54) is 18.4 Å². The average Bonchev–Trinajstić information content (AvgIpc) is 3.36. The van der Waals surface area contributed by atoms with Gasteiger partial charge in [-0.25, -0.2) is 4.98 Å². The Morgan fingerprint density at radius 3 is 2.69 bits per heavy atom. The third-order valence-electron chi connectivity index (χ3n) is 6.06. The number of anilines is 1. The molecule has 32 heavy (non-hydrogen) atoms. The minimum absolute atomic E-state index is 0.165. The number of aryl methyl sites for hydroxylation is 2. The zero-order chi connectivity index (χ0) is 23.0. The molecule has 1 atom stereocenters. The number of halogens is 1. The van der Waals surface area contributed by atoms with Gasteiger partial charge >= 0.3 is 0 Å². The molecule has 170 valence electrons. The maximum absolute atomic E-state index is 13.6. The summed E-state index contributed by atoms with van der Waals surface area (Å²) in [5.74, 6) is 0.850. The molecule has 0 bridgehead atoms. The predicted octanol–water partition coefficient (Wildman–Crippen LogP) is 4.53. The van der Waals surface area contributed by atoms with Crippen molar-refractivity contribution in [3.63, 3.8) is 0 Å². The van der Waals surface area contributed by atoms with Gasteiger partial charge in [0.05, 0.1) is 24.1 Å². The normalized spacial score (nSPS) is 15.3. The summed E-state index contributed by atoms with van der Waals surface area (Å²) in [5.41, 5.74) is 1.30. The number of fused-ring (bicyclic) bond motifs is 1. The molecule has 1 amide bonds. The Morgan fingerprint density at radius 2 is 2.03 bits per heavy atom. The van der Waals surface area contributed by atoms with Crippen molar-refractivity contribution in [2.75, 3.05) is 25.5 Å². The molecule has 7 nitrogen and oxygen atoms in total. The summed E-state index contributed by atoms with van der Waals surface area (Å²) >= 11 is 7.73. The number of carbonyl (C=O) groups excluding carboxylic acids is 1. The molecule has 1 unspecified atom stereocenters. The van der Waals surface area contributed by atoms with E-state index in [1.807, 2.05) is 13.8 Å². The monoisotopic (exact) mass is 474 g/mol.